The third-order valence-corrected chi connectivity index (χ3v) is 13.1. The van der Waals surface area contributed by atoms with E-state index in [2.05, 4.69) is 31.4 Å². The molecule has 0 bridgehead atoms. The zero-order chi connectivity index (χ0) is 44.7. The molecule has 0 aliphatic carbocycles. The number of hydrogen-bond acceptors (Lipinski definition) is 3. The summed E-state index contributed by atoms with van der Waals surface area (Å²) >= 11 is 0. The van der Waals surface area contributed by atoms with Gasteiger partial charge in [-0.3, -0.25) is 9.59 Å². The lowest BCUT2D eigenvalue weighted by Crippen LogP contribution is -2.26. The van der Waals surface area contributed by atoms with Crippen molar-refractivity contribution in [3.8, 4) is 5.75 Å². The average Bonchev–Trinajstić information content (AvgIpc) is 3.28. The van der Waals surface area contributed by atoms with Gasteiger partial charge in [0.25, 0.3) is 11.8 Å². The number of carbonyl (C=O) groups is 2. The first-order chi connectivity index (χ1) is 30.6. The first-order valence-electron chi connectivity index (χ1n) is 28.0. The summed E-state index contributed by atoms with van der Waals surface area (Å²) in [5, 5.41) is 6.28. The second-order valence-electron chi connectivity index (χ2n) is 19.2. The van der Waals surface area contributed by atoms with Crippen LogP contribution in [0.15, 0.2) is 18.2 Å². The fourth-order valence-corrected chi connectivity index (χ4v) is 8.87. The van der Waals surface area contributed by atoms with Crippen LogP contribution in [0.5, 0.6) is 5.75 Å². The molecule has 1 rings (SSSR count). The number of benzene rings is 1. The van der Waals surface area contributed by atoms with E-state index in [1.54, 1.807) is 18.2 Å². The van der Waals surface area contributed by atoms with Gasteiger partial charge in [0, 0.05) is 18.7 Å². The molecule has 0 unspecified atom stereocenters. The van der Waals surface area contributed by atoms with Crippen LogP contribution in [0, 0.1) is 0 Å². The third kappa shape index (κ3) is 37.3. The summed E-state index contributed by atoms with van der Waals surface area (Å²) in [6.45, 7) is 8.80. The van der Waals surface area contributed by atoms with Crippen LogP contribution in [0.4, 0.5) is 0 Å². The second kappa shape index (κ2) is 46.9. The second-order valence-corrected chi connectivity index (χ2v) is 19.2. The van der Waals surface area contributed by atoms with Crippen LogP contribution < -0.4 is 15.4 Å². The number of ether oxygens (including phenoxy) is 1. The van der Waals surface area contributed by atoms with Crippen LogP contribution in [-0.2, 0) is 0 Å². The Morgan fingerprint density at radius 1 is 0.355 bits per heavy atom. The Morgan fingerprint density at radius 3 is 0.952 bits per heavy atom. The number of hydrogen-bond donors (Lipinski definition) is 2. The monoisotopic (exact) mass is 867 g/mol. The molecule has 0 radical (unpaired) electrons. The maximum Gasteiger partial charge on any atom is 0.255 e. The Hall–Kier alpha value is -2.04. The molecule has 0 heterocycles. The molecule has 0 aliphatic rings. The van der Waals surface area contributed by atoms with Gasteiger partial charge in [-0.1, -0.05) is 278 Å². The normalized spacial score (nSPS) is 11.3. The van der Waals surface area contributed by atoms with Crippen molar-refractivity contribution in [3.63, 3.8) is 0 Å². The van der Waals surface area contributed by atoms with Gasteiger partial charge >= 0.3 is 0 Å². The van der Waals surface area contributed by atoms with E-state index in [9.17, 15) is 9.59 Å². The van der Waals surface area contributed by atoms with Crippen LogP contribution in [0.1, 0.15) is 318 Å². The van der Waals surface area contributed by atoms with Crippen molar-refractivity contribution in [2.75, 3.05) is 19.7 Å². The highest BCUT2D eigenvalue weighted by atomic mass is 16.5. The zero-order valence-electron chi connectivity index (χ0n) is 42.0. The van der Waals surface area contributed by atoms with E-state index in [1.807, 2.05) is 0 Å². The molecule has 0 atom stereocenters. The Kier molecular flexibility index (Phi) is 43.9. The number of unbranched alkanes of at least 4 members (excludes halogenated alkanes) is 40. The topological polar surface area (TPSA) is 67.4 Å². The van der Waals surface area contributed by atoms with Gasteiger partial charge in [0.15, 0.2) is 0 Å². The number of nitrogens with one attached hydrogen (secondary N) is 2. The summed E-state index contributed by atoms with van der Waals surface area (Å²) in [7, 11) is 0. The molecule has 0 saturated heterocycles. The van der Waals surface area contributed by atoms with Crippen molar-refractivity contribution >= 4 is 11.8 Å². The van der Waals surface area contributed by atoms with Crippen molar-refractivity contribution in [1.82, 2.24) is 10.6 Å². The minimum absolute atomic E-state index is 0.0779. The minimum Gasteiger partial charge on any atom is -0.493 e. The average molecular weight is 867 g/mol. The summed E-state index contributed by atoms with van der Waals surface area (Å²) in [6, 6.07) is 5.39. The van der Waals surface area contributed by atoms with Crippen molar-refractivity contribution in [3.05, 3.63) is 29.3 Å². The fraction of sp³-hybridized carbons (Fsp3) is 0.860. The predicted molar refractivity (Wildman–Crippen MR) is 272 cm³/mol. The highest BCUT2D eigenvalue weighted by Crippen LogP contribution is 2.23. The molecule has 2 N–H and O–H groups in total. The SMILES string of the molecule is CCCCCCCCCCCCCCCCCOc1cc(C(=O)NCCCCCCCCCCCCCCCC)ccc1C(=O)NCCCCCCCCCCCCCCCC. The Morgan fingerprint density at radius 2 is 0.629 bits per heavy atom. The van der Waals surface area contributed by atoms with E-state index in [0.717, 1.165) is 38.5 Å². The van der Waals surface area contributed by atoms with Crippen LogP contribution >= 0.6 is 0 Å². The van der Waals surface area contributed by atoms with Crippen molar-refractivity contribution in [1.29, 1.82) is 0 Å². The molecular weight excluding hydrogens is 761 g/mol. The molecule has 0 aromatic heterocycles. The van der Waals surface area contributed by atoms with Crippen LogP contribution in [-0.4, -0.2) is 31.5 Å². The first kappa shape index (κ1) is 58.0. The van der Waals surface area contributed by atoms with Crippen LogP contribution in [0.25, 0.3) is 0 Å². The Balaban J connectivity index is 2.39. The predicted octanol–water partition coefficient (Wildman–Crippen LogP) is 18.4. The highest BCUT2D eigenvalue weighted by Gasteiger charge is 2.16. The van der Waals surface area contributed by atoms with Crippen molar-refractivity contribution < 1.29 is 14.3 Å². The van der Waals surface area contributed by atoms with Crippen molar-refractivity contribution in [2.45, 2.75) is 297 Å². The molecule has 1 aromatic carbocycles. The molecule has 62 heavy (non-hydrogen) atoms. The lowest BCUT2D eigenvalue weighted by molar-refractivity contribution is 0.0937. The van der Waals surface area contributed by atoms with E-state index in [-0.39, 0.29) is 11.8 Å². The molecule has 2 amide bonds. The fourth-order valence-electron chi connectivity index (χ4n) is 8.87. The lowest BCUT2D eigenvalue weighted by atomic mass is 10.0. The van der Waals surface area contributed by atoms with Crippen molar-refractivity contribution in [2.24, 2.45) is 0 Å². The largest absolute Gasteiger partial charge is 0.493 e. The zero-order valence-corrected chi connectivity index (χ0v) is 42.0. The van der Waals surface area contributed by atoms with Gasteiger partial charge in [0.05, 0.1) is 12.2 Å². The summed E-state index contributed by atoms with van der Waals surface area (Å²) in [4.78, 5) is 26.6. The Labute approximate surface area is 387 Å². The summed E-state index contributed by atoms with van der Waals surface area (Å²) in [6.07, 6.45) is 57.0. The summed E-state index contributed by atoms with van der Waals surface area (Å²) < 4.78 is 6.28. The number of amides is 2. The lowest BCUT2D eigenvalue weighted by Gasteiger charge is -2.14. The van der Waals surface area contributed by atoms with Gasteiger partial charge in [-0.05, 0) is 37.5 Å². The Bertz CT molecular complexity index is 1110. The van der Waals surface area contributed by atoms with Gasteiger partial charge in [-0.2, -0.15) is 0 Å². The van der Waals surface area contributed by atoms with Gasteiger partial charge in [-0.25, -0.2) is 0 Å². The maximum atomic E-state index is 13.4. The highest BCUT2D eigenvalue weighted by molar-refractivity contribution is 6.00. The van der Waals surface area contributed by atoms with E-state index < -0.39 is 0 Å². The van der Waals surface area contributed by atoms with Gasteiger partial charge in [0.2, 0.25) is 0 Å². The molecule has 1 aromatic rings. The molecule has 0 aliphatic heterocycles. The van der Waals surface area contributed by atoms with Crippen LogP contribution in [0.2, 0.25) is 0 Å². The molecule has 0 fully saturated rings. The summed E-state index contributed by atoms with van der Waals surface area (Å²) in [5.41, 5.74) is 1.12. The molecule has 0 saturated carbocycles. The quantitative estimate of drug-likeness (QED) is 0.0641. The molecule has 5 nitrogen and oxygen atoms in total. The van der Waals surface area contributed by atoms with Gasteiger partial charge in [0.1, 0.15) is 5.75 Å². The number of carbonyl (C=O) groups excluding carboxylic acids is 2. The standard InChI is InChI=1S/C57H106N2O3/c1-4-7-10-13-16-19-22-25-28-31-34-37-40-43-46-51-62-55-52-53(56(60)58-49-44-41-38-35-32-29-26-23-20-17-14-11-8-5-2)47-48-54(55)57(61)59-50-45-42-39-36-33-30-27-24-21-18-15-12-9-6-3/h47-48,52H,4-46,49-51H2,1-3H3,(H,58,60)(H,59,61). The van der Waals surface area contributed by atoms with E-state index in [0.29, 0.717) is 36.6 Å². The number of rotatable bonds is 49. The third-order valence-electron chi connectivity index (χ3n) is 13.1. The van der Waals surface area contributed by atoms with E-state index >= 15 is 0 Å². The van der Waals surface area contributed by atoms with Gasteiger partial charge in [-0.15, -0.1) is 0 Å². The van der Waals surface area contributed by atoms with Gasteiger partial charge < -0.3 is 15.4 Å². The molecular formula is C57H106N2O3. The minimum atomic E-state index is -0.0967. The smallest absolute Gasteiger partial charge is 0.255 e. The van der Waals surface area contributed by atoms with E-state index in [1.165, 1.54) is 238 Å². The molecule has 5 heteroatoms. The first-order valence-corrected chi connectivity index (χ1v) is 28.0. The maximum absolute atomic E-state index is 13.4. The molecule has 0 spiro atoms. The summed E-state index contributed by atoms with van der Waals surface area (Å²) in [5.74, 6) is 0.365. The molecule has 362 valence electrons. The van der Waals surface area contributed by atoms with E-state index in [4.69, 9.17) is 4.74 Å². The van der Waals surface area contributed by atoms with Crippen LogP contribution in [0.3, 0.4) is 0 Å².